The van der Waals surface area contributed by atoms with Crippen LogP contribution in [-0.4, -0.2) is 21.8 Å². The van der Waals surface area contributed by atoms with Crippen LogP contribution in [0.25, 0.3) is 0 Å². The summed E-state index contributed by atoms with van der Waals surface area (Å²) in [5, 5.41) is 8.58. The molecule has 0 aromatic heterocycles. The van der Waals surface area contributed by atoms with Gasteiger partial charge in [-0.25, -0.2) is 0 Å². The van der Waals surface area contributed by atoms with Gasteiger partial charge in [-0.05, 0) is 0 Å². The number of aliphatic hydroxyl groups is 1. The molecule has 74 valence electrons. The molecule has 0 radical (unpaired) electrons. The van der Waals surface area contributed by atoms with Crippen LogP contribution >= 0.6 is 7.14 Å². The Labute approximate surface area is 75.7 Å². The normalized spacial score (nSPS) is 14.9. The van der Waals surface area contributed by atoms with E-state index in [9.17, 15) is 9.67 Å². The topological polar surface area (TPSA) is 37.3 Å². The van der Waals surface area contributed by atoms with Gasteiger partial charge in [0.2, 0.25) is 0 Å². The third-order valence-corrected chi connectivity index (χ3v) is 7.10. The summed E-state index contributed by atoms with van der Waals surface area (Å²) in [4.78, 5) is 0. The molecule has 1 N–H and O–H groups in total. The minimum Gasteiger partial charge on any atom is -0.389 e. The lowest BCUT2D eigenvalue weighted by atomic mass is 10.2. The van der Waals surface area contributed by atoms with E-state index >= 15 is 0 Å². The first kappa shape index (κ1) is 12.2. The lowest BCUT2D eigenvalue weighted by Gasteiger charge is -2.39. The monoisotopic (exact) mass is 192 g/mol. The Hall–Kier alpha value is 0.190. The van der Waals surface area contributed by atoms with E-state index in [1.54, 1.807) is 0 Å². The van der Waals surface area contributed by atoms with E-state index in [1.807, 2.05) is 41.5 Å². The van der Waals surface area contributed by atoms with Crippen molar-refractivity contribution in [2.45, 2.75) is 51.9 Å². The third kappa shape index (κ3) is 1.92. The molecule has 0 saturated heterocycles. The van der Waals surface area contributed by atoms with Crippen LogP contribution in [0.15, 0.2) is 0 Å². The molecule has 0 atom stereocenters. The molecule has 0 aromatic carbocycles. The molecule has 0 spiro atoms. The second-order valence-electron chi connectivity index (χ2n) is 5.22. The minimum atomic E-state index is -2.51. The molecule has 0 aliphatic rings. The lowest BCUT2D eigenvalue weighted by molar-refractivity contribution is 0.345. The van der Waals surface area contributed by atoms with Crippen LogP contribution in [-0.2, 0) is 4.57 Å². The SMILES string of the molecule is CC(C)(C)P(=O)(CO)C(C)(C)C. The van der Waals surface area contributed by atoms with Crippen molar-refractivity contribution in [3.05, 3.63) is 0 Å². The first-order valence-corrected chi connectivity index (χ1v) is 6.15. The van der Waals surface area contributed by atoms with Gasteiger partial charge >= 0.3 is 0 Å². The summed E-state index contributed by atoms with van der Waals surface area (Å²) in [6.45, 7) is 11.6. The van der Waals surface area contributed by atoms with Crippen LogP contribution in [0.1, 0.15) is 41.5 Å². The average molecular weight is 192 g/mol. The van der Waals surface area contributed by atoms with Crippen LogP contribution in [0, 0.1) is 0 Å². The van der Waals surface area contributed by atoms with Crippen LogP contribution in [0.3, 0.4) is 0 Å². The Kier molecular flexibility index (Phi) is 3.21. The zero-order valence-electron chi connectivity index (χ0n) is 9.01. The van der Waals surface area contributed by atoms with Crippen molar-refractivity contribution >= 4 is 7.14 Å². The number of hydrogen-bond acceptors (Lipinski definition) is 2. The van der Waals surface area contributed by atoms with Gasteiger partial charge in [-0.1, -0.05) is 41.5 Å². The van der Waals surface area contributed by atoms with Crippen molar-refractivity contribution in [3.8, 4) is 0 Å². The van der Waals surface area contributed by atoms with Crippen molar-refractivity contribution < 1.29 is 9.67 Å². The predicted molar refractivity (Wildman–Crippen MR) is 54.2 cm³/mol. The van der Waals surface area contributed by atoms with Crippen LogP contribution in [0.5, 0.6) is 0 Å². The highest BCUT2D eigenvalue weighted by atomic mass is 31.2. The Bertz CT molecular complexity index is 178. The molecule has 0 rings (SSSR count). The molecule has 0 bridgehead atoms. The first-order chi connectivity index (χ1) is 5.06. The van der Waals surface area contributed by atoms with Crippen molar-refractivity contribution in [1.82, 2.24) is 0 Å². The molecular formula is C9H21O2P. The minimum absolute atomic E-state index is 0.194. The summed E-state index contributed by atoms with van der Waals surface area (Å²) in [5.41, 5.74) is 0. The van der Waals surface area contributed by atoms with E-state index < -0.39 is 7.14 Å². The standard InChI is InChI=1S/C9H21O2P/c1-8(2,3)12(11,7-10)9(4,5)6/h10H,7H2,1-6H3. The number of rotatable bonds is 1. The molecule has 0 fully saturated rings. The van der Waals surface area contributed by atoms with Crippen LogP contribution in [0.4, 0.5) is 0 Å². The molecule has 2 nitrogen and oxygen atoms in total. The maximum Gasteiger partial charge on any atom is 0.122 e. The quantitative estimate of drug-likeness (QED) is 0.648. The average Bonchev–Trinajstić information content (AvgIpc) is 1.81. The molecule has 0 saturated carbocycles. The maximum atomic E-state index is 12.4. The molecule has 3 heteroatoms. The first-order valence-electron chi connectivity index (χ1n) is 4.26. The Morgan fingerprint density at radius 3 is 1.25 bits per heavy atom. The molecular weight excluding hydrogens is 171 g/mol. The summed E-state index contributed by atoms with van der Waals surface area (Å²) < 4.78 is 12.4. The van der Waals surface area contributed by atoms with Crippen LogP contribution in [0.2, 0.25) is 0 Å². The highest BCUT2D eigenvalue weighted by Gasteiger charge is 2.45. The van der Waals surface area contributed by atoms with Crippen LogP contribution < -0.4 is 0 Å². The van der Waals surface area contributed by atoms with E-state index in [1.165, 1.54) is 0 Å². The van der Waals surface area contributed by atoms with Gasteiger partial charge in [-0.15, -0.1) is 0 Å². The lowest BCUT2D eigenvalue weighted by Crippen LogP contribution is -2.30. The molecule has 0 aliphatic carbocycles. The number of hydrogen-bond donors (Lipinski definition) is 1. The summed E-state index contributed by atoms with van der Waals surface area (Å²) in [7, 11) is -2.51. The van der Waals surface area contributed by atoms with Gasteiger partial charge in [0, 0.05) is 10.3 Å². The molecule has 0 aromatic rings. The van der Waals surface area contributed by atoms with Gasteiger partial charge in [0.1, 0.15) is 7.14 Å². The van der Waals surface area contributed by atoms with E-state index in [4.69, 9.17) is 0 Å². The highest BCUT2D eigenvalue weighted by molar-refractivity contribution is 7.66. The molecule has 0 heterocycles. The van der Waals surface area contributed by atoms with Gasteiger partial charge in [-0.3, -0.25) is 0 Å². The Morgan fingerprint density at radius 1 is 1.00 bits per heavy atom. The Morgan fingerprint density at radius 2 is 1.25 bits per heavy atom. The van der Waals surface area contributed by atoms with E-state index in [-0.39, 0.29) is 16.7 Å². The fourth-order valence-corrected chi connectivity index (χ4v) is 4.29. The predicted octanol–water partition coefficient (Wildman–Crippen LogP) is 2.90. The summed E-state index contributed by atoms with van der Waals surface area (Å²) >= 11 is 0. The van der Waals surface area contributed by atoms with Crippen molar-refractivity contribution in [2.24, 2.45) is 0 Å². The van der Waals surface area contributed by atoms with Gasteiger partial charge in [-0.2, -0.15) is 0 Å². The Balaban J connectivity index is 5.11. The van der Waals surface area contributed by atoms with E-state index in [0.29, 0.717) is 0 Å². The van der Waals surface area contributed by atoms with Gasteiger partial charge in [0.25, 0.3) is 0 Å². The van der Waals surface area contributed by atoms with Gasteiger partial charge < -0.3 is 9.67 Å². The fraction of sp³-hybridized carbons (Fsp3) is 1.00. The molecule has 12 heavy (non-hydrogen) atoms. The molecule has 0 aliphatic heterocycles. The second kappa shape index (κ2) is 3.16. The summed E-state index contributed by atoms with van der Waals surface area (Å²) in [6.07, 6.45) is -0.194. The summed E-state index contributed by atoms with van der Waals surface area (Å²) in [5.74, 6) is 0. The summed E-state index contributed by atoms with van der Waals surface area (Å²) in [6, 6.07) is 0. The molecule has 0 amide bonds. The largest absolute Gasteiger partial charge is 0.389 e. The van der Waals surface area contributed by atoms with Gasteiger partial charge in [0.05, 0.1) is 6.35 Å². The second-order valence-corrected chi connectivity index (χ2v) is 9.67. The zero-order chi connectivity index (χ0) is 10.2. The van der Waals surface area contributed by atoms with E-state index in [0.717, 1.165) is 0 Å². The van der Waals surface area contributed by atoms with Crippen molar-refractivity contribution in [1.29, 1.82) is 0 Å². The zero-order valence-corrected chi connectivity index (χ0v) is 9.90. The van der Waals surface area contributed by atoms with Gasteiger partial charge in [0.15, 0.2) is 0 Å². The smallest absolute Gasteiger partial charge is 0.122 e. The maximum absolute atomic E-state index is 12.4. The number of aliphatic hydroxyl groups excluding tert-OH is 1. The van der Waals surface area contributed by atoms with E-state index in [2.05, 4.69) is 0 Å². The van der Waals surface area contributed by atoms with Crippen molar-refractivity contribution in [3.63, 3.8) is 0 Å². The van der Waals surface area contributed by atoms with Crippen molar-refractivity contribution in [2.75, 3.05) is 6.35 Å². The highest BCUT2D eigenvalue weighted by Crippen LogP contribution is 2.65. The fourth-order valence-electron chi connectivity index (χ4n) is 1.43. The molecule has 0 unspecified atom stereocenters. The third-order valence-electron chi connectivity index (χ3n) is 2.37.